The molecule has 5 nitrogen and oxygen atoms in total. The number of hydrogen-bond donors (Lipinski definition) is 1. The molecule has 0 aliphatic rings. The Bertz CT molecular complexity index is 536. The lowest BCUT2D eigenvalue weighted by Crippen LogP contribution is -2.28. The van der Waals surface area contributed by atoms with E-state index in [1.54, 1.807) is 0 Å². The zero-order chi connectivity index (χ0) is 29.4. The van der Waals surface area contributed by atoms with Gasteiger partial charge < -0.3 is 14.6 Å². The molecule has 40 heavy (non-hydrogen) atoms. The molecule has 0 aliphatic heterocycles. The van der Waals surface area contributed by atoms with Gasteiger partial charge in [0.1, 0.15) is 6.61 Å². The molecular formula is C35H68O5. The van der Waals surface area contributed by atoms with Crippen molar-refractivity contribution < 1.29 is 24.2 Å². The van der Waals surface area contributed by atoms with E-state index in [-0.39, 0.29) is 25.2 Å². The maximum atomic E-state index is 12.1. The van der Waals surface area contributed by atoms with Crippen LogP contribution in [0.3, 0.4) is 0 Å². The first kappa shape index (κ1) is 38.9. The van der Waals surface area contributed by atoms with E-state index >= 15 is 0 Å². The first-order chi connectivity index (χ1) is 19.6. The van der Waals surface area contributed by atoms with Crippen molar-refractivity contribution in [3.8, 4) is 0 Å². The molecule has 0 bridgehead atoms. The smallest absolute Gasteiger partial charge is 0.306 e. The van der Waals surface area contributed by atoms with E-state index in [2.05, 4.69) is 13.8 Å². The van der Waals surface area contributed by atoms with Gasteiger partial charge >= 0.3 is 11.9 Å². The Morgan fingerprint density at radius 1 is 0.475 bits per heavy atom. The molecule has 5 heteroatoms. The number of ether oxygens (including phenoxy) is 2. The summed E-state index contributed by atoms with van der Waals surface area (Å²) in [6.07, 6.45) is 33.1. The van der Waals surface area contributed by atoms with E-state index in [1.165, 1.54) is 128 Å². The van der Waals surface area contributed by atoms with Crippen molar-refractivity contribution in [2.24, 2.45) is 0 Å². The van der Waals surface area contributed by atoms with E-state index in [4.69, 9.17) is 9.47 Å². The predicted molar refractivity (Wildman–Crippen MR) is 169 cm³/mol. The fraction of sp³-hybridized carbons (Fsp3) is 0.943. The van der Waals surface area contributed by atoms with Crippen LogP contribution in [0, 0.1) is 0 Å². The number of rotatable bonds is 32. The summed E-state index contributed by atoms with van der Waals surface area (Å²) in [6, 6.07) is 0. The van der Waals surface area contributed by atoms with Crippen molar-refractivity contribution in [2.45, 2.75) is 200 Å². The zero-order valence-electron chi connectivity index (χ0n) is 26.9. The number of aliphatic hydroxyl groups excluding tert-OH is 1. The maximum absolute atomic E-state index is 12.1. The summed E-state index contributed by atoms with van der Waals surface area (Å²) in [7, 11) is 0. The molecule has 0 saturated carbocycles. The molecule has 0 fully saturated rings. The highest BCUT2D eigenvalue weighted by Gasteiger charge is 2.16. The molecule has 0 amide bonds. The largest absolute Gasteiger partial charge is 0.462 e. The van der Waals surface area contributed by atoms with Crippen molar-refractivity contribution in [1.29, 1.82) is 0 Å². The second kappa shape index (κ2) is 32.4. The minimum Gasteiger partial charge on any atom is -0.462 e. The highest BCUT2D eigenvalue weighted by molar-refractivity contribution is 5.70. The number of aliphatic hydroxyl groups is 1. The number of hydrogen-bond acceptors (Lipinski definition) is 5. The zero-order valence-corrected chi connectivity index (χ0v) is 26.9. The Kier molecular flexibility index (Phi) is 31.5. The van der Waals surface area contributed by atoms with Crippen LogP contribution in [0.15, 0.2) is 0 Å². The lowest BCUT2D eigenvalue weighted by Gasteiger charge is -2.15. The fourth-order valence-corrected chi connectivity index (χ4v) is 5.20. The van der Waals surface area contributed by atoms with E-state index < -0.39 is 6.10 Å². The third kappa shape index (κ3) is 29.9. The van der Waals surface area contributed by atoms with Crippen LogP contribution in [0.5, 0.6) is 0 Å². The standard InChI is InChI=1S/C35H68O5/c1-3-5-7-9-11-13-14-15-16-17-18-19-20-21-22-24-26-28-30-35(38)40-33(31-36)32-39-34(37)29-27-25-23-12-10-8-6-4-2/h33,36H,3-32H2,1-2H3/t33-/m0/s1. The van der Waals surface area contributed by atoms with Crippen LogP contribution in [0.25, 0.3) is 0 Å². The number of carbonyl (C=O) groups excluding carboxylic acids is 2. The van der Waals surface area contributed by atoms with Crippen molar-refractivity contribution in [1.82, 2.24) is 0 Å². The molecule has 0 aromatic heterocycles. The summed E-state index contributed by atoms with van der Waals surface area (Å²) in [5.41, 5.74) is 0. The molecule has 1 atom stereocenters. The van der Waals surface area contributed by atoms with Crippen LogP contribution in [-0.4, -0.2) is 36.4 Å². The van der Waals surface area contributed by atoms with Gasteiger partial charge in [-0.15, -0.1) is 0 Å². The molecular weight excluding hydrogens is 500 g/mol. The van der Waals surface area contributed by atoms with Gasteiger partial charge in [-0.1, -0.05) is 168 Å². The minimum atomic E-state index is -0.759. The first-order valence-electron chi connectivity index (χ1n) is 17.6. The summed E-state index contributed by atoms with van der Waals surface area (Å²) >= 11 is 0. The third-order valence-electron chi connectivity index (χ3n) is 7.90. The SMILES string of the molecule is CCCCCCCCCCCCCCCCCCCCC(=O)O[C@@H](CO)COC(=O)CCCCCCCCCC. The Morgan fingerprint density at radius 2 is 0.775 bits per heavy atom. The average molecular weight is 569 g/mol. The quantitative estimate of drug-likeness (QED) is 0.0645. The number of esters is 2. The summed E-state index contributed by atoms with van der Waals surface area (Å²) in [5, 5.41) is 9.48. The molecule has 0 saturated heterocycles. The predicted octanol–water partition coefficient (Wildman–Crippen LogP) is 10.4. The molecule has 0 spiro atoms. The topological polar surface area (TPSA) is 72.8 Å². The van der Waals surface area contributed by atoms with Gasteiger partial charge in [-0.2, -0.15) is 0 Å². The van der Waals surface area contributed by atoms with Crippen LogP contribution >= 0.6 is 0 Å². The van der Waals surface area contributed by atoms with Crippen LogP contribution in [0.4, 0.5) is 0 Å². The maximum Gasteiger partial charge on any atom is 0.306 e. The number of unbranched alkanes of at least 4 members (excludes halogenated alkanes) is 24. The molecule has 0 heterocycles. The highest BCUT2D eigenvalue weighted by atomic mass is 16.6. The Balaban J connectivity index is 3.48. The van der Waals surface area contributed by atoms with Gasteiger partial charge in [-0.3, -0.25) is 9.59 Å². The Morgan fingerprint density at radius 3 is 1.10 bits per heavy atom. The van der Waals surface area contributed by atoms with Gasteiger partial charge in [-0.25, -0.2) is 0 Å². The molecule has 0 unspecified atom stereocenters. The van der Waals surface area contributed by atoms with E-state index in [1.807, 2.05) is 0 Å². The van der Waals surface area contributed by atoms with Crippen LogP contribution in [-0.2, 0) is 19.1 Å². The molecule has 1 N–H and O–H groups in total. The van der Waals surface area contributed by atoms with Crippen molar-refractivity contribution >= 4 is 11.9 Å². The molecule has 0 aromatic rings. The van der Waals surface area contributed by atoms with E-state index in [0.29, 0.717) is 12.8 Å². The Labute approximate surface area is 248 Å². The second-order valence-electron chi connectivity index (χ2n) is 12.0. The van der Waals surface area contributed by atoms with Crippen LogP contribution in [0.1, 0.15) is 194 Å². The lowest BCUT2D eigenvalue weighted by atomic mass is 10.0. The summed E-state index contributed by atoms with van der Waals surface area (Å²) in [6.45, 7) is 4.12. The van der Waals surface area contributed by atoms with Crippen LogP contribution in [0.2, 0.25) is 0 Å². The van der Waals surface area contributed by atoms with Gasteiger partial charge in [0.25, 0.3) is 0 Å². The highest BCUT2D eigenvalue weighted by Crippen LogP contribution is 2.15. The van der Waals surface area contributed by atoms with Crippen molar-refractivity contribution in [3.05, 3.63) is 0 Å². The summed E-state index contributed by atoms with van der Waals surface area (Å²) in [4.78, 5) is 24.0. The minimum absolute atomic E-state index is 0.0583. The van der Waals surface area contributed by atoms with Gasteiger partial charge in [0.2, 0.25) is 0 Å². The fourth-order valence-electron chi connectivity index (χ4n) is 5.20. The second-order valence-corrected chi connectivity index (χ2v) is 12.0. The molecule has 0 aliphatic carbocycles. The van der Waals surface area contributed by atoms with Gasteiger partial charge in [0.05, 0.1) is 6.61 Å². The summed E-state index contributed by atoms with van der Waals surface area (Å²) in [5.74, 6) is -0.585. The summed E-state index contributed by atoms with van der Waals surface area (Å²) < 4.78 is 10.5. The monoisotopic (exact) mass is 569 g/mol. The van der Waals surface area contributed by atoms with E-state index in [9.17, 15) is 14.7 Å². The van der Waals surface area contributed by atoms with Gasteiger partial charge in [0, 0.05) is 12.8 Å². The van der Waals surface area contributed by atoms with Gasteiger partial charge in [-0.05, 0) is 12.8 Å². The van der Waals surface area contributed by atoms with Crippen molar-refractivity contribution in [3.63, 3.8) is 0 Å². The third-order valence-corrected chi connectivity index (χ3v) is 7.90. The normalized spacial score (nSPS) is 12.0. The van der Waals surface area contributed by atoms with Gasteiger partial charge in [0.15, 0.2) is 6.10 Å². The van der Waals surface area contributed by atoms with Crippen LogP contribution < -0.4 is 0 Å². The molecule has 238 valence electrons. The van der Waals surface area contributed by atoms with Crippen molar-refractivity contribution in [2.75, 3.05) is 13.2 Å². The van der Waals surface area contributed by atoms with E-state index in [0.717, 1.165) is 38.5 Å². The Hall–Kier alpha value is -1.10. The molecule has 0 radical (unpaired) electrons. The average Bonchev–Trinajstić information content (AvgIpc) is 2.96. The first-order valence-corrected chi connectivity index (χ1v) is 17.6. The number of carbonyl (C=O) groups is 2. The molecule has 0 rings (SSSR count). The molecule has 0 aromatic carbocycles. The lowest BCUT2D eigenvalue weighted by molar-refractivity contribution is -0.161.